The zero-order valence-corrected chi connectivity index (χ0v) is 14.7. The molecule has 2 aromatic carbocycles. The molecule has 0 heterocycles. The highest BCUT2D eigenvalue weighted by Gasteiger charge is 2.12. The fraction of sp³-hybridized carbons (Fsp3) is 0.333. The SMILES string of the molecule is CCO.CCOPC(NCc1ccccc1)c1cccc(O)c1. The Morgan fingerprint density at radius 3 is 2.39 bits per heavy atom. The predicted octanol–water partition coefficient (Wildman–Crippen LogP) is 3.81. The molecule has 0 fully saturated rings. The molecule has 0 aliphatic carbocycles. The number of benzene rings is 2. The smallest absolute Gasteiger partial charge is 0.115 e. The van der Waals surface area contributed by atoms with Gasteiger partial charge >= 0.3 is 0 Å². The van der Waals surface area contributed by atoms with E-state index >= 15 is 0 Å². The summed E-state index contributed by atoms with van der Waals surface area (Å²) >= 11 is 0. The lowest BCUT2D eigenvalue weighted by atomic mass is 10.2. The van der Waals surface area contributed by atoms with Gasteiger partial charge in [0.15, 0.2) is 0 Å². The van der Waals surface area contributed by atoms with E-state index in [4.69, 9.17) is 9.63 Å². The summed E-state index contributed by atoms with van der Waals surface area (Å²) < 4.78 is 5.56. The Hall–Kier alpha value is -1.45. The molecule has 3 N–H and O–H groups in total. The van der Waals surface area contributed by atoms with E-state index in [-0.39, 0.29) is 18.1 Å². The Labute approximate surface area is 140 Å². The minimum absolute atomic E-state index is 0.0993. The van der Waals surface area contributed by atoms with Crippen LogP contribution in [-0.4, -0.2) is 23.4 Å². The van der Waals surface area contributed by atoms with E-state index in [9.17, 15) is 5.11 Å². The van der Waals surface area contributed by atoms with Gasteiger partial charge < -0.3 is 20.1 Å². The molecule has 4 nitrogen and oxygen atoms in total. The molecule has 0 saturated carbocycles. The summed E-state index contributed by atoms with van der Waals surface area (Å²) in [4.78, 5) is 0. The number of hydrogen-bond donors (Lipinski definition) is 3. The van der Waals surface area contributed by atoms with Crippen LogP contribution in [-0.2, 0) is 11.1 Å². The maximum atomic E-state index is 9.61. The minimum atomic E-state index is 0.0993. The number of phenols is 1. The highest BCUT2D eigenvalue weighted by atomic mass is 31.1. The number of phenolic OH excluding ortho intramolecular Hbond substituents is 1. The third-order valence-electron chi connectivity index (χ3n) is 2.90. The van der Waals surface area contributed by atoms with Crippen molar-refractivity contribution in [2.75, 3.05) is 13.2 Å². The molecular formula is C18H26NO3P. The fourth-order valence-electron chi connectivity index (χ4n) is 1.91. The molecule has 0 amide bonds. The van der Waals surface area contributed by atoms with Crippen LogP contribution in [0.25, 0.3) is 0 Å². The third kappa shape index (κ3) is 8.10. The molecule has 0 aliphatic rings. The lowest BCUT2D eigenvalue weighted by Crippen LogP contribution is -2.17. The Morgan fingerprint density at radius 1 is 1.09 bits per heavy atom. The van der Waals surface area contributed by atoms with Crippen molar-refractivity contribution >= 4 is 8.81 Å². The molecule has 0 aliphatic heterocycles. The van der Waals surface area contributed by atoms with Gasteiger partial charge in [-0.25, -0.2) is 0 Å². The maximum Gasteiger partial charge on any atom is 0.115 e. The van der Waals surface area contributed by atoms with E-state index in [0.717, 1.165) is 12.1 Å². The number of hydrogen-bond acceptors (Lipinski definition) is 4. The molecule has 23 heavy (non-hydrogen) atoms. The average molecular weight is 335 g/mol. The summed E-state index contributed by atoms with van der Waals surface area (Å²) in [5.41, 5.74) is 2.28. The second-order valence-corrected chi connectivity index (χ2v) is 5.86. The van der Waals surface area contributed by atoms with Crippen molar-refractivity contribution in [1.29, 1.82) is 0 Å². The van der Waals surface area contributed by atoms with Crippen LogP contribution in [0.2, 0.25) is 0 Å². The van der Waals surface area contributed by atoms with Gasteiger partial charge in [-0.15, -0.1) is 0 Å². The molecule has 0 bridgehead atoms. The van der Waals surface area contributed by atoms with Crippen LogP contribution in [0.4, 0.5) is 0 Å². The van der Waals surface area contributed by atoms with Crippen molar-refractivity contribution in [3.63, 3.8) is 0 Å². The molecule has 0 saturated heterocycles. The quantitative estimate of drug-likeness (QED) is 0.673. The van der Waals surface area contributed by atoms with Crippen LogP contribution in [0.5, 0.6) is 5.75 Å². The van der Waals surface area contributed by atoms with Crippen molar-refractivity contribution in [1.82, 2.24) is 5.32 Å². The van der Waals surface area contributed by atoms with Crippen LogP contribution < -0.4 is 5.32 Å². The van der Waals surface area contributed by atoms with E-state index in [1.807, 2.05) is 37.3 Å². The second kappa shape index (κ2) is 12.0. The highest BCUT2D eigenvalue weighted by molar-refractivity contribution is 7.32. The standard InChI is InChI=1S/C16H20NO2P.C2H6O/c1-2-19-20-16(14-9-6-10-15(18)11-14)17-12-13-7-4-3-5-8-13;1-2-3/h3-11,16-18,20H,2,12H2,1H3;3H,2H2,1H3. The molecule has 126 valence electrons. The predicted molar refractivity (Wildman–Crippen MR) is 96.8 cm³/mol. The second-order valence-electron chi connectivity index (χ2n) is 4.76. The van der Waals surface area contributed by atoms with E-state index in [0.29, 0.717) is 15.4 Å². The number of aliphatic hydroxyl groups is 1. The summed E-state index contributed by atoms with van der Waals surface area (Å²) in [5, 5.41) is 20.7. The van der Waals surface area contributed by atoms with E-state index in [2.05, 4.69) is 17.4 Å². The zero-order chi connectivity index (χ0) is 16.9. The summed E-state index contributed by atoms with van der Waals surface area (Å²) in [7, 11) is 0.327. The molecule has 2 rings (SSSR count). The van der Waals surface area contributed by atoms with Gasteiger partial charge in [-0.1, -0.05) is 42.5 Å². The van der Waals surface area contributed by atoms with Gasteiger partial charge in [0.05, 0.1) is 5.78 Å². The first kappa shape index (κ1) is 19.6. The number of aliphatic hydroxyl groups excluding tert-OH is 1. The van der Waals surface area contributed by atoms with E-state index in [1.54, 1.807) is 19.1 Å². The van der Waals surface area contributed by atoms with E-state index < -0.39 is 0 Å². The summed E-state index contributed by atoms with van der Waals surface area (Å²) in [6.07, 6.45) is 0. The van der Waals surface area contributed by atoms with Crippen LogP contribution in [0.1, 0.15) is 30.8 Å². The van der Waals surface area contributed by atoms with Gasteiger partial charge in [-0.2, -0.15) is 0 Å². The maximum absolute atomic E-state index is 9.61. The Kier molecular flexibility index (Phi) is 10.3. The third-order valence-corrected chi connectivity index (χ3v) is 4.13. The van der Waals surface area contributed by atoms with Crippen LogP contribution in [0.15, 0.2) is 54.6 Å². The van der Waals surface area contributed by atoms with Gasteiger partial charge in [-0.05, 0) is 37.1 Å². The first-order valence-corrected chi connectivity index (χ1v) is 8.74. The largest absolute Gasteiger partial charge is 0.508 e. The first-order chi connectivity index (χ1) is 11.2. The van der Waals surface area contributed by atoms with Gasteiger partial charge in [0, 0.05) is 28.6 Å². The Bertz CT molecular complexity index is 537. The topological polar surface area (TPSA) is 61.7 Å². The van der Waals surface area contributed by atoms with Crippen molar-refractivity contribution in [2.45, 2.75) is 26.2 Å². The highest BCUT2D eigenvalue weighted by Crippen LogP contribution is 2.34. The first-order valence-electron chi connectivity index (χ1n) is 7.75. The van der Waals surface area contributed by atoms with Gasteiger partial charge in [0.25, 0.3) is 0 Å². The molecule has 0 spiro atoms. The summed E-state index contributed by atoms with van der Waals surface area (Å²) in [5.74, 6) is 0.387. The molecule has 0 aromatic heterocycles. The number of rotatable bonds is 7. The Morgan fingerprint density at radius 2 is 1.78 bits per heavy atom. The Balaban J connectivity index is 0.000000816. The summed E-state index contributed by atoms with van der Waals surface area (Å²) in [6, 6.07) is 17.6. The van der Waals surface area contributed by atoms with Crippen molar-refractivity contribution in [3.8, 4) is 5.75 Å². The van der Waals surface area contributed by atoms with Gasteiger partial charge in [0.1, 0.15) is 5.75 Å². The molecule has 0 radical (unpaired) electrons. The van der Waals surface area contributed by atoms with Crippen molar-refractivity contribution in [2.24, 2.45) is 0 Å². The fourth-order valence-corrected chi connectivity index (χ4v) is 2.75. The van der Waals surface area contributed by atoms with Crippen molar-refractivity contribution < 1.29 is 14.7 Å². The van der Waals surface area contributed by atoms with Crippen LogP contribution >= 0.6 is 8.81 Å². The van der Waals surface area contributed by atoms with Crippen LogP contribution in [0.3, 0.4) is 0 Å². The zero-order valence-electron chi connectivity index (χ0n) is 13.7. The molecule has 5 heteroatoms. The lowest BCUT2D eigenvalue weighted by Gasteiger charge is -2.19. The van der Waals surface area contributed by atoms with Gasteiger partial charge in [0.2, 0.25) is 0 Å². The van der Waals surface area contributed by atoms with E-state index in [1.165, 1.54) is 5.56 Å². The molecular weight excluding hydrogens is 309 g/mol. The van der Waals surface area contributed by atoms with Gasteiger partial charge in [-0.3, -0.25) is 0 Å². The molecule has 2 aromatic rings. The number of aromatic hydroxyl groups is 1. The monoisotopic (exact) mass is 335 g/mol. The number of nitrogens with one attached hydrogen (secondary N) is 1. The molecule has 2 unspecified atom stereocenters. The average Bonchev–Trinajstić information content (AvgIpc) is 2.57. The molecule has 2 atom stereocenters. The summed E-state index contributed by atoms with van der Waals surface area (Å²) in [6.45, 7) is 5.39. The van der Waals surface area contributed by atoms with Crippen molar-refractivity contribution in [3.05, 3.63) is 65.7 Å². The normalized spacial score (nSPS) is 12.0. The van der Waals surface area contributed by atoms with Crippen LogP contribution in [0, 0.1) is 0 Å². The minimum Gasteiger partial charge on any atom is -0.508 e. The lowest BCUT2D eigenvalue weighted by molar-refractivity contribution is 0.318.